The maximum Gasteiger partial charge on any atom is 0.344 e. The van der Waals surface area contributed by atoms with Crippen LogP contribution in [0.5, 0.6) is 0 Å². The van der Waals surface area contributed by atoms with Crippen molar-refractivity contribution in [2.45, 2.75) is 83.7 Å². The Morgan fingerprint density at radius 3 is 1.85 bits per heavy atom. The molecule has 2 nitrogen and oxygen atoms in total. The summed E-state index contributed by atoms with van der Waals surface area (Å²) < 4.78 is 13.0. The molecular weight excluding hydrogens is 264 g/mol. The van der Waals surface area contributed by atoms with Gasteiger partial charge in [-0.2, -0.15) is 0 Å². The van der Waals surface area contributed by atoms with Gasteiger partial charge in [-0.05, 0) is 51.4 Å². The van der Waals surface area contributed by atoms with E-state index in [9.17, 15) is 0 Å². The van der Waals surface area contributed by atoms with E-state index in [1.165, 1.54) is 44.9 Å². The van der Waals surface area contributed by atoms with Crippen LogP contribution in [0, 0.1) is 11.8 Å². The fourth-order valence-electron chi connectivity index (χ4n) is 4.67. The van der Waals surface area contributed by atoms with E-state index in [0.717, 1.165) is 36.1 Å². The summed E-state index contributed by atoms with van der Waals surface area (Å²) in [7, 11) is -2.05. The highest BCUT2D eigenvalue weighted by molar-refractivity contribution is 6.70. The van der Waals surface area contributed by atoms with Gasteiger partial charge in [0.25, 0.3) is 0 Å². The van der Waals surface area contributed by atoms with E-state index in [1.54, 1.807) is 0 Å². The normalized spacial score (nSPS) is 35.4. The molecule has 2 aliphatic carbocycles. The van der Waals surface area contributed by atoms with E-state index >= 15 is 0 Å². The van der Waals surface area contributed by atoms with E-state index in [4.69, 9.17) is 8.85 Å². The van der Waals surface area contributed by atoms with Gasteiger partial charge in [0.05, 0.1) is 0 Å². The second kappa shape index (κ2) is 7.41. The van der Waals surface area contributed by atoms with Gasteiger partial charge in [0.15, 0.2) is 0 Å². The molecule has 20 heavy (non-hydrogen) atoms. The third-order valence-electron chi connectivity index (χ3n) is 5.51. The van der Waals surface area contributed by atoms with Gasteiger partial charge < -0.3 is 8.85 Å². The second-order valence-corrected chi connectivity index (χ2v) is 10.8. The summed E-state index contributed by atoms with van der Waals surface area (Å²) >= 11 is 0. The van der Waals surface area contributed by atoms with Gasteiger partial charge >= 0.3 is 8.56 Å². The molecule has 3 heteroatoms. The van der Waals surface area contributed by atoms with Crippen LogP contribution >= 0.6 is 0 Å². The number of rotatable bonds is 6. The van der Waals surface area contributed by atoms with Gasteiger partial charge in [-0.25, -0.2) is 0 Å². The van der Waals surface area contributed by atoms with Gasteiger partial charge in [0, 0.05) is 24.3 Å². The molecule has 0 spiro atoms. The molecule has 118 valence electrons. The Hall–Kier alpha value is 0.137. The van der Waals surface area contributed by atoms with Crippen molar-refractivity contribution in [3.05, 3.63) is 0 Å². The van der Waals surface area contributed by atoms with Crippen molar-refractivity contribution in [3.8, 4) is 0 Å². The fourth-order valence-corrected chi connectivity index (χ4v) is 9.90. The molecule has 2 fully saturated rings. The quantitative estimate of drug-likeness (QED) is 0.622. The molecule has 0 aromatic carbocycles. The molecule has 0 aliphatic heterocycles. The highest BCUT2D eigenvalue weighted by Gasteiger charge is 2.54. The van der Waals surface area contributed by atoms with Crippen LogP contribution in [0.15, 0.2) is 0 Å². The zero-order valence-corrected chi connectivity index (χ0v) is 15.0. The first-order valence-electron chi connectivity index (χ1n) is 8.90. The summed E-state index contributed by atoms with van der Waals surface area (Å²) in [4.78, 5) is 0. The Morgan fingerprint density at radius 2 is 1.35 bits per heavy atom. The molecule has 4 unspecified atom stereocenters. The monoisotopic (exact) mass is 298 g/mol. The minimum absolute atomic E-state index is 0.737. The number of hydrogen-bond acceptors (Lipinski definition) is 2. The van der Waals surface area contributed by atoms with Crippen LogP contribution in [0.2, 0.25) is 11.1 Å². The van der Waals surface area contributed by atoms with Crippen LogP contribution in [0.25, 0.3) is 0 Å². The van der Waals surface area contributed by atoms with Crippen LogP contribution in [0.3, 0.4) is 0 Å². The van der Waals surface area contributed by atoms with E-state index in [-0.39, 0.29) is 0 Å². The van der Waals surface area contributed by atoms with Crippen molar-refractivity contribution in [3.63, 3.8) is 0 Å². The van der Waals surface area contributed by atoms with E-state index in [0.29, 0.717) is 0 Å². The lowest BCUT2D eigenvalue weighted by Gasteiger charge is -2.44. The van der Waals surface area contributed by atoms with Gasteiger partial charge in [-0.15, -0.1) is 0 Å². The molecule has 2 aliphatic rings. The minimum atomic E-state index is -2.05. The molecule has 0 aromatic heterocycles. The smallest absolute Gasteiger partial charge is 0.344 e. The van der Waals surface area contributed by atoms with Crippen molar-refractivity contribution >= 4 is 8.56 Å². The first kappa shape index (κ1) is 16.5. The van der Waals surface area contributed by atoms with Crippen molar-refractivity contribution in [2.75, 3.05) is 13.2 Å². The zero-order chi connectivity index (χ0) is 14.6. The summed E-state index contributed by atoms with van der Waals surface area (Å²) in [6.07, 6.45) is 9.54. The first-order chi connectivity index (χ1) is 9.62. The van der Waals surface area contributed by atoms with Crippen molar-refractivity contribution in [1.29, 1.82) is 0 Å². The molecule has 2 rings (SSSR count). The first-order valence-corrected chi connectivity index (χ1v) is 10.9. The summed E-state index contributed by atoms with van der Waals surface area (Å²) in [5.74, 6) is 1.73. The topological polar surface area (TPSA) is 18.5 Å². The Kier molecular flexibility index (Phi) is 6.12. The Morgan fingerprint density at radius 1 is 0.800 bits per heavy atom. The summed E-state index contributed by atoms with van der Waals surface area (Å²) in [6, 6.07) is 0. The van der Waals surface area contributed by atoms with Gasteiger partial charge in [-0.1, -0.05) is 33.1 Å². The predicted molar refractivity (Wildman–Crippen MR) is 87.2 cm³/mol. The molecule has 0 radical (unpaired) electrons. The molecular formula is C17H34O2Si. The highest BCUT2D eigenvalue weighted by atomic mass is 28.4. The molecule has 0 bridgehead atoms. The second-order valence-electron chi connectivity index (χ2n) is 7.17. The van der Waals surface area contributed by atoms with Crippen LogP contribution in [0.4, 0.5) is 0 Å². The average molecular weight is 299 g/mol. The zero-order valence-electron chi connectivity index (χ0n) is 14.0. The Labute approximate surface area is 126 Å². The largest absolute Gasteiger partial charge is 0.394 e. The highest BCUT2D eigenvalue weighted by Crippen LogP contribution is 2.52. The lowest BCUT2D eigenvalue weighted by Crippen LogP contribution is -2.52. The van der Waals surface area contributed by atoms with Gasteiger partial charge in [0.2, 0.25) is 0 Å². The molecule has 0 heterocycles. The fraction of sp³-hybridized carbons (Fsp3) is 1.00. The molecule has 0 saturated heterocycles. The minimum Gasteiger partial charge on any atom is -0.394 e. The van der Waals surface area contributed by atoms with E-state index in [1.807, 2.05) is 0 Å². The van der Waals surface area contributed by atoms with Crippen LogP contribution in [-0.4, -0.2) is 21.8 Å². The molecule has 0 N–H and O–H groups in total. The molecule has 2 saturated carbocycles. The summed E-state index contributed by atoms with van der Waals surface area (Å²) in [6.45, 7) is 10.8. The standard InChI is InChI=1S/C17H34O2Si/c1-5-18-20(19-6-2,17-11-10-15(4)13-17)16-9-7-8-14(3)12-16/h14-17H,5-13H2,1-4H3. The maximum atomic E-state index is 6.51. The molecule has 0 aromatic rings. The third kappa shape index (κ3) is 3.48. The lowest BCUT2D eigenvalue weighted by molar-refractivity contribution is 0.148. The summed E-state index contributed by atoms with van der Waals surface area (Å²) in [5, 5.41) is 0. The number of hydrogen-bond donors (Lipinski definition) is 0. The van der Waals surface area contributed by atoms with Crippen molar-refractivity contribution in [2.24, 2.45) is 11.8 Å². The van der Waals surface area contributed by atoms with Crippen LogP contribution < -0.4 is 0 Å². The molecule has 4 atom stereocenters. The Bertz CT molecular complexity index is 289. The average Bonchev–Trinajstić information content (AvgIpc) is 2.85. The van der Waals surface area contributed by atoms with Crippen LogP contribution in [-0.2, 0) is 8.85 Å². The molecule has 0 amide bonds. The third-order valence-corrected chi connectivity index (χ3v) is 10.3. The predicted octanol–water partition coefficient (Wildman–Crippen LogP) is 5.27. The lowest BCUT2D eigenvalue weighted by atomic mass is 9.90. The SMILES string of the molecule is CCO[Si](OCC)(C1CCCC(C)C1)C1CCC(C)C1. The van der Waals surface area contributed by atoms with Gasteiger partial charge in [-0.3, -0.25) is 0 Å². The van der Waals surface area contributed by atoms with E-state index in [2.05, 4.69) is 27.7 Å². The van der Waals surface area contributed by atoms with Gasteiger partial charge in [0.1, 0.15) is 0 Å². The van der Waals surface area contributed by atoms with E-state index < -0.39 is 8.56 Å². The van der Waals surface area contributed by atoms with Crippen LogP contribution in [0.1, 0.15) is 72.6 Å². The summed E-state index contributed by atoms with van der Waals surface area (Å²) in [5.41, 5.74) is 1.48. The maximum absolute atomic E-state index is 6.51. The van der Waals surface area contributed by atoms with Crippen molar-refractivity contribution < 1.29 is 8.85 Å². The van der Waals surface area contributed by atoms with Crippen molar-refractivity contribution in [1.82, 2.24) is 0 Å². The Balaban J connectivity index is 2.20.